The number of fused-ring (bicyclic) bond motifs is 15. The molecule has 0 bridgehead atoms. The van der Waals surface area contributed by atoms with Crippen LogP contribution in [0.3, 0.4) is 0 Å². The monoisotopic (exact) mass is 1670 g/mol. The lowest BCUT2D eigenvalue weighted by molar-refractivity contribution is 0.660. The molecule has 0 spiro atoms. The van der Waals surface area contributed by atoms with Crippen molar-refractivity contribution < 1.29 is 0 Å². The molecule has 0 aliphatic heterocycles. The van der Waals surface area contributed by atoms with E-state index in [-0.39, 0.29) is 5.41 Å². The molecule has 8 heteroatoms. The van der Waals surface area contributed by atoms with Crippen LogP contribution in [-0.2, 0) is 5.41 Å². The summed E-state index contributed by atoms with van der Waals surface area (Å²) in [5, 5.41) is 16.1. The number of aromatic nitrogens is 8. The Balaban J connectivity index is 0.000000145. The highest BCUT2D eigenvalue weighted by molar-refractivity contribution is 6.20. The fourth-order valence-corrected chi connectivity index (χ4v) is 19.8. The Bertz CT molecular complexity index is 8550. The topological polar surface area (TPSA) is 103 Å². The van der Waals surface area contributed by atoms with Crippen LogP contribution in [0.2, 0.25) is 0 Å². The SMILES string of the molecule is CC1(C)c2ccccc2-c2ccc(-c3ccc(-c4nc(-c5ccccc5)nc(-c5cccc(-c6cccc(-c7cccc8c(-c9ccccc9)nc9ccccc9c78)c6)c5)n4)cc3)cc21.c1ccc(-c2nc3ccccc3c3c(-c4cccc(-c5cccc(-c6nc(-c7cc8ccccc8c8ccccc78)nc(-c7cc8ccccc8c8ccccc78)n6)c5)c4)cccc23)cc1. The first kappa shape index (κ1) is 77.4. The molecule has 4 heterocycles. The summed E-state index contributed by atoms with van der Waals surface area (Å²) >= 11 is 0. The van der Waals surface area contributed by atoms with Gasteiger partial charge in [0.2, 0.25) is 0 Å². The van der Waals surface area contributed by atoms with Gasteiger partial charge in [-0.3, -0.25) is 0 Å². The zero-order chi connectivity index (χ0) is 87.0. The van der Waals surface area contributed by atoms with E-state index in [4.69, 9.17) is 39.9 Å². The summed E-state index contributed by atoms with van der Waals surface area (Å²) in [7, 11) is 0. The Hall–Kier alpha value is -17.2. The van der Waals surface area contributed by atoms with Gasteiger partial charge in [-0.15, -0.1) is 0 Å². The van der Waals surface area contributed by atoms with Crippen LogP contribution < -0.4 is 0 Å². The van der Waals surface area contributed by atoms with Crippen molar-refractivity contribution in [3.63, 3.8) is 0 Å². The second-order valence-electron chi connectivity index (χ2n) is 34.3. The average molecular weight is 1670 g/mol. The van der Waals surface area contributed by atoms with Crippen LogP contribution in [-0.4, -0.2) is 39.9 Å². The minimum Gasteiger partial charge on any atom is -0.247 e. The van der Waals surface area contributed by atoms with Crippen molar-refractivity contribution in [2.75, 3.05) is 0 Å². The van der Waals surface area contributed by atoms with Gasteiger partial charge in [0.05, 0.1) is 22.4 Å². The predicted octanol–water partition coefficient (Wildman–Crippen LogP) is 31.7. The van der Waals surface area contributed by atoms with E-state index < -0.39 is 0 Å². The number of para-hydroxylation sites is 2. The van der Waals surface area contributed by atoms with Gasteiger partial charge in [0.1, 0.15) is 0 Å². The van der Waals surface area contributed by atoms with Crippen LogP contribution in [0.4, 0.5) is 0 Å². The van der Waals surface area contributed by atoms with Gasteiger partial charge in [0.15, 0.2) is 34.9 Å². The van der Waals surface area contributed by atoms with Gasteiger partial charge in [-0.05, 0) is 176 Å². The van der Waals surface area contributed by atoms with E-state index in [0.717, 1.165) is 149 Å². The third kappa shape index (κ3) is 14.0. The third-order valence-electron chi connectivity index (χ3n) is 26.2. The first-order valence-corrected chi connectivity index (χ1v) is 44.6. The second-order valence-corrected chi connectivity index (χ2v) is 34.3. The van der Waals surface area contributed by atoms with Crippen molar-refractivity contribution in [2.24, 2.45) is 0 Å². The van der Waals surface area contributed by atoms with Gasteiger partial charge in [-0.1, -0.05) is 408 Å². The summed E-state index contributed by atoms with van der Waals surface area (Å²) in [5.74, 6) is 3.77. The summed E-state index contributed by atoms with van der Waals surface area (Å²) in [5.41, 5.74) is 28.4. The van der Waals surface area contributed by atoms with Gasteiger partial charge in [-0.25, -0.2) is 39.9 Å². The van der Waals surface area contributed by atoms with Gasteiger partial charge in [0, 0.05) is 82.2 Å². The van der Waals surface area contributed by atoms with Crippen LogP contribution in [0.5, 0.6) is 0 Å². The summed E-state index contributed by atoms with van der Waals surface area (Å²) in [6.45, 7) is 4.65. The van der Waals surface area contributed by atoms with Crippen molar-refractivity contribution in [1.82, 2.24) is 39.9 Å². The number of nitrogens with zero attached hydrogens (tertiary/aromatic N) is 8. The molecular formula is C123H80N8. The molecule has 4 aromatic heterocycles. The van der Waals surface area contributed by atoms with E-state index in [0.29, 0.717) is 34.9 Å². The fourth-order valence-electron chi connectivity index (χ4n) is 19.8. The highest BCUT2D eigenvalue weighted by Gasteiger charge is 2.36. The maximum atomic E-state index is 5.38. The molecule has 0 atom stereocenters. The third-order valence-corrected chi connectivity index (χ3v) is 26.2. The van der Waals surface area contributed by atoms with Crippen LogP contribution in [0.1, 0.15) is 25.0 Å². The molecule has 25 rings (SSSR count). The minimum atomic E-state index is -0.0612. The largest absolute Gasteiger partial charge is 0.247 e. The fraction of sp³-hybridized carbons (Fsp3) is 0.0244. The van der Waals surface area contributed by atoms with Gasteiger partial charge in [0.25, 0.3) is 0 Å². The molecule has 0 amide bonds. The Morgan fingerprint density at radius 1 is 0.153 bits per heavy atom. The molecule has 8 nitrogen and oxygen atoms in total. The molecule has 1 aliphatic rings. The van der Waals surface area contributed by atoms with Crippen molar-refractivity contribution in [3.8, 4) is 158 Å². The average Bonchev–Trinajstić information content (AvgIpc) is 1.37. The lowest BCUT2D eigenvalue weighted by Crippen LogP contribution is -2.14. The standard InChI is InChI=1S/C62H38N4.C61H42N4/c1-2-17-39(18-3-1)59-54-33-16-32-48(58(54)53-31-12-13-34-57(53)63-59)42-23-14-21-40(35-42)41-22-15-24-45(36-41)60-64-61(55-37-43-19-4-6-25-46(43)49-27-8-10-29-51(49)55)66-62(65-60)56-38-44-20-5-7-26-47(44)50-28-9-11-30-52(50)56;1-61(2)53-28-11-9-24-49(53)50-35-34-45(38-54(50)61)39-30-32-42(33-31-39)59-63-58(41-18-7-4-8-19-41)64-60(65-59)47-23-14-21-44(37-47)43-20-13-22-46(36-43)48-26-15-27-52-56(48)51-25-10-12-29-55(51)62-57(52)40-16-5-3-6-17-40/h1-38H;3-38H,1-2H3. The van der Waals surface area contributed by atoms with Gasteiger partial charge < -0.3 is 0 Å². The quantitative estimate of drug-likeness (QED) is 0.105. The van der Waals surface area contributed by atoms with Crippen LogP contribution in [0, 0.1) is 0 Å². The van der Waals surface area contributed by atoms with Crippen LogP contribution in [0.25, 0.3) is 244 Å². The zero-order valence-corrected chi connectivity index (χ0v) is 71.8. The molecule has 20 aromatic carbocycles. The van der Waals surface area contributed by atoms with Gasteiger partial charge >= 0.3 is 0 Å². The Labute approximate surface area is 758 Å². The number of hydrogen-bond acceptors (Lipinski definition) is 8. The normalized spacial score (nSPS) is 12.1. The summed E-state index contributed by atoms with van der Waals surface area (Å²) in [4.78, 5) is 41.8. The number of benzene rings is 20. The molecule has 24 aromatic rings. The van der Waals surface area contributed by atoms with E-state index in [1.807, 2.05) is 18.2 Å². The van der Waals surface area contributed by atoms with Crippen LogP contribution >= 0.6 is 0 Å². The molecule has 0 N–H and O–H groups in total. The highest BCUT2D eigenvalue weighted by atomic mass is 15.0. The first-order valence-electron chi connectivity index (χ1n) is 44.6. The Morgan fingerprint density at radius 3 is 0.931 bits per heavy atom. The summed E-state index contributed by atoms with van der Waals surface area (Å²) < 4.78 is 0. The molecule has 0 radical (unpaired) electrons. The Morgan fingerprint density at radius 2 is 0.450 bits per heavy atom. The number of rotatable bonds is 13. The molecule has 612 valence electrons. The van der Waals surface area contributed by atoms with Crippen molar-refractivity contribution in [2.45, 2.75) is 19.3 Å². The lowest BCUT2D eigenvalue weighted by Gasteiger charge is -2.22. The molecule has 0 unspecified atom stereocenters. The minimum absolute atomic E-state index is 0.0612. The zero-order valence-electron chi connectivity index (χ0n) is 71.8. The summed E-state index contributed by atoms with van der Waals surface area (Å²) in [6.07, 6.45) is 0. The molecule has 131 heavy (non-hydrogen) atoms. The maximum Gasteiger partial charge on any atom is 0.164 e. The van der Waals surface area contributed by atoms with E-state index >= 15 is 0 Å². The first-order chi connectivity index (χ1) is 64.7. The molecule has 1 aliphatic carbocycles. The number of pyridine rings is 2. The molecule has 0 saturated heterocycles. The van der Waals surface area contributed by atoms with E-state index in [2.05, 4.69) is 445 Å². The van der Waals surface area contributed by atoms with E-state index in [1.54, 1.807) is 0 Å². The second kappa shape index (κ2) is 32.3. The summed E-state index contributed by atoms with van der Waals surface area (Å²) in [6, 6.07) is 159. The van der Waals surface area contributed by atoms with Crippen LogP contribution in [0.15, 0.2) is 449 Å². The molecule has 0 saturated carbocycles. The molecule has 0 fully saturated rings. The molecular weight excluding hydrogens is 1590 g/mol. The van der Waals surface area contributed by atoms with Crippen molar-refractivity contribution in [1.29, 1.82) is 0 Å². The predicted molar refractivity (Wildman–Crippen MR) is 544 cm³/mol. The highest BCUT2D eigenvalue weighted by Crippen LogP contribution is 2.51. The Kier molecular flexibility index (Phi) is 19.1. The van der Waals surface area contributed by atoms with Crippen molar-refractivity contribution in [3.05, 3.63) is 460 Å². The smallest absolute Gasteiger partial charge is 0.164 e. The van der Waals surface area contributed by atoms with Crippen molar-refractivity contribution >= 4 is 86.4 Å². The lowest BCUT2D eigenvalue weighted by atomic mass is 9.81. The van der Waals surface area contributed by atoms with E-state index in [1.165, 1.54) is 71.3 Å². The van der Waals surface area contributed by atoms with E-state index in [9.17, 15) is 0 Å². The van der Waals surface area contributed by atoms with Gasteiger partial charge in [-0.2, -0.15) is 0 Å². The maximum absolute atomic E-state index is 5.38. The number of hydrogen-bond donors (Lipinski definition) is 0.